The van der Waals surface area contributed by atoms with Crippen LogP contribution in [0.3, 0.4) is 0 Å². The quantitative estimate of drug-likeness (QED) is 0.693. The zero-order valence-electron chi connectivity index (χ0n) is 14.6. The zero-order chi connectivity index (χ0) is 19.2. The lowest BCUT2D eigenvalue weighted by Crippen LogP contribution is -2.30. The van der Waals surface area contributed by atoms with E-state index in [1.807, 2.05) is 31.2 Å². The molecule has 2 aromatic carbocycles. The third-order valence-electron chi connectivity index (χ3n) is 3.73. The maximum Gasteiger partial charge on any atom is 0.244 e. The average molecular weight is 383 g/mol. The van der Waals surface area contributed by atoms with Crippen LogP contribution < -0.4 is 9.46 Å². The molecule has 0 radical (unpaired) electrons. The number of aliphatic hydroxyl groups excluding tert-OH is 1. The molecule has 0 aromatic heterocycles. The summed E-state index contributed by atoms with van der Waals surface area (Å²) < 4.78 is 51.6. The molecule has 0 heterocycles. The zero-order valence-corrected chi connectivity index (χ0v) is 15.4. The highest BCUT2D eigenvalue weighted by atomic mass is 32.2. The highest BCUT2D eigenvalue weighted by molar-refractivity contribution is 7.89. The second kappa shape index (κ2) is 9.09. The molecule has 2 N–H and O–H groups in total. The van der Waals surface area contributed by atoms with Crippen molar-refractivity contribution < 1.29 is 27.4 Å². The summed E-state index contributed by atoms with van der Waals surface area (Å²) in [7, 11) is -2.71. The second-order valence-electron chi connectivity index (χ2n) is 5.64. The molecule has 0 aliphatic rings. The first-order valence-corrected chi connectivity index (χ1v) is 9.48. The summed E-state index contributed by atoms with van der Waals surface area (Å²) >= 11 is 0. The van der Waals surface area contributed by atoms with Crippen molar-refractivity contribution in [1.29, 1.82) is 0 Å². The number of methoxy groups -OCH3 is 1. The van der Waals surface area contributed by atoms with Gasteiger partial charge in [-0.1, -0.05) is 29.8 Å². The molecular weight excluding hydrogens is 361 g/mol. The fourth-order valence-corrected chi connectivity index (χ4v) is 3.58. The minimum Gasteiger partial charge on any atom is -0.495 e. The number of aryl methyl sites for hydroxylation is 1. The van der Waals surface area contributed by atoms with Gasteiger partial charge in [0.15, 0.2) is 0 Å². The van der Waals surface area contributed by atoms with Crippen LogP contribution in [0.25, 0.3) is 0 Å². The van der Waals surface area contributed by atoms with E-state index in [0.717, 1.165) is 23.3 Å². The Morgan fingerprint density at radius 1 is 1.19 bits per heavy atom. The first-order valence-electron chi connectivity index (χ1n) is 7.99. The fraction of sp³-hybridized carbons (Fsp3) is 0.333. The van der Waals surface area contributed by atoms with Crippen LogP contribution in [-0.4, -0.2) is 40.4 Å². The molecule has 0 saturated carbocycles. The van der Waals surface area contributed by atoms with Gasteiger partial charge in [0.25, 0.3) is 0 Å². The van der Waals surface area contributed by atoms with Crippen LogP contribution in [0, 0.1) is 12.7 Å². The van der Waals surface area contributed by atoms with Crippen molar-refractivity contribution in [1.82, 2.24) is 4.72 Å². The number of nitrogens with one attached hydrogen (secondary N) is 1. The summed E-state index contributed by atoms with van der Waals surface area (Å²) in [5.41, 5.74) is 1.82. The minimum atomic E-state index is -4.02. The van der Waals surface area contributed by atoms with Gasteiger partial charge in [-0.25, -0.2) is 17.5 Å². The molecule has 0 aliphatic carbocycles. The van der Waals surface area contributed by atoms with Gasteiger partial charge < -0.3 is 14.6 Å². The third-order valence-corrected chi connectivity index (χ3v) is 5.18. The topological polar surface area (TPSA) is 84.9 Å². The Balaban J connectivity index is 2.21. The Labute approximate surface area is 152 Å². The smallest absolute Gasteiger partial charge is 0.244 e. The molecule has 8 heteroatoms. The lowest BCUT2D eigenvalue weighted by atomic mass is 10.1. The molecule has 0 amide bonds. The van der Waals surface area contributed by atoms with Crippen LogP contribution in [0.1, 0.15) is 17.2 Å². The SMILES string of the molecule is COc1ccc(F)cc1S(=O)(=O)NCC(OCCO)c1ccc(C)cc1. The second-order valence-corrected chi connectivity index (χ2v) is 7.38. The van der Waals surface area contributed by atoms with Gasteiger partial charge in [0, 0.05) is 6.54 Å². The van der Waals surface area contributed by atoms with Crippen LogP contribution in [0.4, 0.5) is 4.39 Å². The predicted octanol–water partition coefficient (Wildman–Crippen LogP) is 2.17. The fourth-order valence-electron chi connectivity index (χ4n) is 2.37. The summed E-state index contributed by atoms with van der Waals surface area (Å²) in [5.74, 6) is -0.639. The normalized spacial score (nSPS) is 12.8. The number of rotatable bonds is 9. The van der Waals surface area contributed by atoms with Crippen LogP contribution in [0.2, 0.25) is 0 Å². The summed E-state index contributed by atoms with van der Waals surface area (Å²) in [6.45, 7) is 1.73. The van der Waals surface area contributed by atoms with Crippen molar-refractivity contribution in [3.63, 3.8) is 0 Å². The molecule has 1 unspecified atom stereocenters. The first kappa shape index (κ1) is 20.3. The third kappa shape index (κ3) is 5.25. The van der Waals surface area contributed by atoms with Gasteiger partial charge in [0.2, 0.25) is 10.0 Å². The van der Waals surface area contributed by atoms with Gasteiger partial charge in [-0.15, -0.1) is 0 Å². The molecule has 0 fully saturated rings. The maximum atomic E-state index is 13.5. The molecule has 1 atom stereocenters. The lowest BCUT2D eigenvalue weighted by molar-refractivity contribution is 0.0309. The van der Waals surface area contributed by atoms with E-state index in [1.165, 1.54) is 13.2 Å². The Hall–Kier alpha value is -2.00. The van der Waals surface area contributed by atoms with Crippen molar-refractivity contribution in [3.8, 4) is 5.75 Å². The standard InChI is InChI=1S/C18H22FNO5S/c1-13-3-5-14(6-4-13)17(25-10-9-21)12-20-26(22,23)18-11-15(19)7-8-16(18)24-2/h3-8,11,17,20-21H,9-10,12H2,1-2H3. The van der Waals surface area contributed by atoms with Crippen molar-refractivity contribution in [2.24, 2.45) is 0 Å². The van der Waals surface area contributed by atoms with E-state index in [2.05, 4.69) is 4.72 Å². The average Bonchev–Trinajstić information content (AvgIpc) is 2.63. The van der Waals surface area contributed by atoms with E-state index in [1.54, 1.807) is 0 Å². The summed E-state index contributed by atoms with van der Waals surface area (Å²) in [4.78, 5) is -0.287. The first-order chi connectivity index (χ1) is 12.4. The van der Waals surface area contributed by atoms with E-state index < -0.39 is 21.9 Å². The van der Waals surface area contributed by atoms with Crippen molar-refractivity contribution in [2.75, 3.05) is 26.9 Å². The molecule has 2 aromatic rings. The van der Waals surface area contributed by atoms with E-state index >= 15 is 0 Å². The minimum absolute atomic E-state index is 0.0436. The molecule has 142 valence electrons. The molecular formula is C18H22FNO5S. The summed E-state index contributed by atoms with van der Waals surface area (Å²) in [6.07, 6.45) is -0.600. The van der Waals surface area contributed by atoms with E-state index in [9.17, 15) is 12.8 Å². The number of aliphatic hydroxyl groups is 1. The van der Waals surface area contributed by atoms with Gasteiger partial charge in [-0.3, -0.25) is 0 Å². The molecule has 2 rings (SSSR count). The molecule has 26 heavy (non-hydrogen) atoms. The highest BCUT2D eigenvalue weighted by Crippen LogP contribution is 2.25. The maximum absolute atomic E-state index is 13.5. The van der Waals surface area contributed by atoms with Crippen LogP contribution in [0.5, 0.6) is 5.75 Å². The van der Waals surface area contributed by atoms with E-state index in [0.29, 0.717) is 0 Å². The Bertz CT molecular complexity index is 824. The van der Waals surface area contributed by atoms with Crippen molar-refractivity contribution in [2.45, 2.75) is 17.9 Å². The van der Waals surface area contributed by atoms with Crippen molar-refractivity contribution in [3.05, 3.63) is 59.4 Å². The summed E-state index contributed by atoms with van der Waals surface area (Å²) in [5, 5.41) is 8.99. The Kier molecular flexibility index (Phi) is 7.10. The van der Waals surface area contributed by atoms with Gasteiger partial charge in [0.05, 0.1) is 26.4 Å². The number of hydrogen-bond donors (Lipinski definition) is 2. The van der Waals surface area contributed by atoms with Crippen LogP contribution in [-0.2, 0) is 14.8 Å². The largest absolute Gasteiger partial charge is 0.495 e. The predicted molar refractivity (Wildman–Crippen MR) is 95.1 cm³/mol. The van der Waals surface area contributed by atoms with Crippen LogP contribution in [0.15, 0.2) is 47.4 Å². The van der Waals surface area contributed by atoms with E-state index in [-0.39, 0.29) is 30.4 Å². The summed E-state index contributed by atoms with van der Waals surface area (Å²) in [6, 6.07) is 10.7. The molecule has 0 aliphatic heterocycles. The Morgan fingerprint density at radius 3 is 2.50 bits per heavy atom. The van der Waals surface area contributed by atoms with Gasteiger partial charge >= 0.3 is 0 Å². The lowest BCUT2D eigenvalue weighted by Gasteiger charge is -2.19. The highest BCUT2D eigenvalue weighted by Gasteiger charge is 2.23. The Morgan fingerprint density at radius 2 is 1.88 bits per heavy atom. The van der Waals surface area contributed by atoms with Crippen molar-refractivity contribution >= 4 is 10.0 Å². The number of benzene rings is 2. The molecule has 0 saturated heterocycles. The van der Waals surface area contributed by atoms with Crippen LogP contribution >= 0.6 is 0 Å². The van der Waals surface area contributed by atoms with Gasteiger partial charge in [-0.05, 0) is 30.7 Å². The monoisotopic (exact) mass is 383 g/mol. The van der Waals surface area contributed by atoms with Gasteiger partial charge in [-0.2, -0.15) is 0 Å². The number of hydrogen-bond acceptors (Lipinski definition) is 5. The van der Waals surface area contributed by atoms with Gasteiger partial charge in [0.1, 0.15) is 16.5 Å². The number of halogens is 1. The molecule has 0 spiro atoms. The van der Waals surface area contributed by atoms with E-state index in [4.69, 9.17) is 14.6 Å². The number of sulfonamides is 1. The number of ether oxygens (including phenoxy) is 2. The molecule has 6 nitrogen and oxygen atoms in total. The molecule has 0 bridgehead atoms.